The Bertz CT molecular complexity index is 1300. The van der Waals surface area contributed by atoms with Crippen LogP contribution in [0, 0.1) is 0 Å². The summed E-state index contributed by atoms with van der Waals surface area (Å²) in [5, 5.41) is 0. The van der Waals surface area contributed by atoms with E-state index in [1.54, 1.807) is 48.5 Å². The molecule has 0 amide bonds. The molecule has 0 spiro atoms. The van der Waals surface area contributed by atoms with Crippen molar-refractivity contribution >= 4 is 39.8 Å². The summed E-state index contributed by atoms with van der Waals surface area (Å²) in [5.74, 6) is 0.372. The number of esters is 2. The molecule has 0 radical (unpaired) electrons. The van der Waals surface area contributed by atoms with E-state index in [1.807, 2.05) is 18.2 Å². The zero-order valence-electron chi connectivity index (χ0n) is 16.4. The van der Waals surface area contributed by atoms with Gasteiger partial charge in [-0.1, -0.05) is 34.1 Å². The molecule has 0 N–H and O–H groups in total. The Morgan fingerprint density at radius 3 is 2.66 bits per heavy atom. The lowest BCUT2D eigenvalue weighted by molar-refractivity contribution is -0.129. The molecule has 8 heteroatoms. The summed E-state index contributed by atoms with van der Waals surface area (Å²) < 4.78 is 22.2. The highest BCUT2D eigenvalue weighted by Crippen LogP contribution is 2.33. The molecule has 0 aliphatic carbocycles. The van der Waals surface area contributed by atoms with E-state index in [0.29, 0.717) is 28.2 Å². The van der Waals surface area contributed by atoms with Crippen LogP contribution in [0.1, 0.15) is 21.5 Å². The average molecular weight is 492 g/mol. The maximum absolute atomic E-state index is 12.7. The number of halogens is 1. The van der Waals surface area contributed by atoms with E-state index < -0.39 is 11.9 Å². The molecule has 2 aliphatic rings. The van der Waals surface area contributed by atoms with Crippen molar-refractivity contribution in [2.75, 3.05) is 6.79 Å². The Balaban J connectivity index is 1.44. The van der Waals surface area contributed by atoms with E-state index in [-0.39, 0.29) is 24.1 Å². The molecule has 7 nitrogen and oxygen atoms in total. The van der Waals surface area contributed by atoms with E-state index in [0.717, 1.165) is 4.47 Å². The summed E-state index contributed by atoms with van der Waals surface area (Å²) in [4.78, 5) is 29.4. The van der Waals surface area contributed by atoms with Crippen LogP contribution in [-0.2, 0) is 9.53 Å². The average Bonchev–Trinajstić information content (AvgIpc) is 3.42. The molecule has 3 aromatic carbocycles. The van der Waals surface area contributed by atoms with Gasteiger partial charge in [-0.05, 0) is 54.6 Å². The lowest BCUT2D eigenvalue weighted by atomic mass is 10.1. The van der Waals surface area contributed by atoms with Crippen LogP contribution in [0.5, 0.6) is 17.2 Å². The summed E-state index contributed by atoms with van der Waals surface area (Å²) in [6.07, 6.45) is 1.52. The lowest BCUT2D eigenvalue weighted by Crippen LogP contribution is -2.09. The maximum Gasteiger partial charge on any atom is 0.363 e. The topological polar surface area (TPSA) is 83.4 Å². The summed E-state index contributed by atoms with van der Waals surface area (Å²) in [6, 6.07) is 19.0. The minimum atomic E-state index is -0.586. The van der Waals surface area contributed by atoms with Crippen LogP contribution in [0.15, 0.2) is 81.9 Å². The molecule has 0 aromatic heterocycles. The molecule has 0 unspecified atom stereocenters. The second-order valence-corrected chi connectivity index (χ2v) is 7.76. The number of aliphatic imine (C=N–C) groups is 1. The Kier molecular flexibility index (Phi) is 5.20. The van der Waals surface area contributed by atoms with Gasteiger partial charge in [0.2, 0.25) is 12.7 Å². The summed E-state index contributed by atoms with van der Waals surface area (Å²) in [6.45, 7) is 0.111. The summed E-state index contributed by atoms with van der Waals surface area (Å²) in [7, 11) is 0. The monoisotopic (exact) mass is 491 g/mol. The predicted molar refractivity (Wildman–Crippen MR) is 119 cm³/mol. The first-order valence-corrected chi connectivity index (χ1v) is 10.4. The number of ether oxygens (including phenoxy) is 4. The van der Waals surface area contributed by atoms with Crippen molar-refractivity contribution in [2.45, 2.75) is 0 Å². The summed E-state index contributed by atoms with van der Waals surface area (Å²) in [5.41, 5.74) is 1.58. The molecule has 0 saturated carbocycles. The van der Waals surface area contributed by atoms with Crippen LogP contribution in [0.2, 0.25) is 0 Å². The quantitative estimate of drug-likeness (QED) is 0.297. The fourth-order valence-corrected chi connectivity index (χ4v) is 3.55. The van der Waals surface area contributed by atoms with Crippen molar-refractivity contribution in [1.82, 2.24) is 0 Å². The standard InChI is InChI=1S/C24H14BrNO6/c25-17-7-9-19(31-23(27)15-6-8-20-21(12-15)30-13-29-20)16(10-17)11-18-24(28)32-22(26-18)14-4-2-1-3-5-14/h1-12H,13H2/b18-11-. The molecule has 3 aromatic rings. The highest BCUT2D eigenvalue weighted by molar-refractivity contribution is 9.10. The van der Waals surface area contributed by atoms with Gasteiger partial charge >= 0.3 is 11.9 Å². The Morgan fingerprint density at radius 1 is 1.00 bits per heavy atom. The van der Waals surface area contributed by atoms with Gasteiger partial charge in [0.25, 0.3) is 0 Å². The first-order chi connectivity index (χ1) is 15.6. The Hall–Kier alpha value is -3.91. The van der Waals surface area contributed by atoms with Gasteiger partial charge in [-0.3, -0.25) is 0 Å². The Morgan fingerprint density at radius 2 is 1.81 bits per heavy atom. The molecular weight excluding hydrogens is 478 g/mol. The number of carbonyl (C=O) groups excluding carboxylic acids is 2. The van der Waals surface area contributed by atoms with Crippen molar-refractivity contribution in [2.24, 2.45) is 4.99 Å². The third-order valence-corrected chi connectivity index (χ3v) is 5.21. The van der Waals surface area contributed by atoms with E-state index in [4.69, 9.17) is 18.9 Å². The van der Waals surface area contributed by atoms with Gasteiger partial charge < -0.3 is 18.9 Å². The highest BCUT2D eigenvalue weighted by atomic mass is 79.9. The van der Waals surface area contributed by atoms with Gasteiger partial charge in [0.05, 0.1) is 5.56 Å². The van der Waals surface area contributed by atoms with Crippen molar-refractivity contribution < 1.29 is 28.5 Å². The fraction of sp³-hybridized carbons (Fsp3) is 0.0417. The largest absolute Gasteiger partial charge is 0.454 e. The van der Waals surface area contributed by atoms with Gasteiger partial charge in [-0.2, -0.15) is 0 Å². The van der Waals surface area contributed by atoms with E-state index in [1.165, 1.54) is 6.08 Å². The molecule has 0 atom stereocenters. The lowest BCUT2D eigenvalue weighted by Gasteiger charge is -2.09. The molecular formula is C24H14BrNO6. The molecule has 158 valence electrons. The van der Waals surface area contributed by atoms with Crippen molar-refractivity contribution in [3.05, 3.63) is 93.6 Å². The van der Waals surface area contributed by atoms with Crippen LogP contribution < -0.4 is 14.2 Å². The van der Waals surface area contributed by atoms with E-state index >= 15 is 0 Å². The number of carbonyl (C=O) groups is 2. The maximum atomic E-state index is 12.7. The van der Waals surface area contributed by atoms with Gasteiger partial charge in [-0.25, -0.2) is 14.6 Å². The fourth-order valence-electron chi connectivity index (χ4n) is 3.17. The van der Waals surface area contributed by atoms with Crippen molar-refractivity contribution in [1.29, 1.82) is 0 Å². The zero-order chi connectivity index (χ0) is 22.1. The zero-order valence-corrected chi connectivity index (χ0v) is 18.0. The molecule has 32 heavy (non-hydrogen) atoms. The van der Waals surface area contributed by atoms with Gasteiger partial charge in [0, 0.05) is 15.6 Å². The number of hydrogen-bond acceptors (Lipinski definition) is 7. The number of nitrogens with zero attached hydrogens (tertiary/aromatic N) is 1. The number of fused-ring (bicyclic) bond motifs is 1. The molecule has 2 aliphatic heterocycles. The first-order valence-electron chi connectivity index (χ1n) is 9.56. The van der Waals surface area contributed by atoms with Gasteiger partial charge in [-0.15, -0.1) is 0 Å². The number of cyclic esters (lactones) is 1. The van der Waals surface area contributed by atoms with Gasteiger partial charge in [0.15, 0.2) is 17.2 Å². The molecule has 0 fully saturated rings. The van der Waals surface area contributed by atoms with Crippen LogP contribution in [0.3, 0.4) is 0 Å². The van der Waals surface area contributed by atoms with E-state index in [2.05, 4.69) is 20.9 Å². The number of rotatable bonds is 4. The molecule has 0 saturated heterocycles. The van der Waals surface area contributed by atoms with Gasteiger partial charge in [0.1, 0.15) is 5.75 Å². The van der Waals surface area contributed by atoms with Crippen molar-refractivity contribution in [3.63, 3.8) is 0 Å². The predicted octanol–water partition coefficient (Wildman–Crippen LogP) is 4.74. The molecule has 5 rings (SSSR count). The Labute approximate surface area is 191 Å². The molecule has 2 heterocycles. The van der Waals surface area contributed by atoms with Crippen LogP contribution in [0.25, 0.3) is 6.08 Å². The smallest absolute Gasteiger partial charge is 0.363 e. The minimum absolute atomic E-state index is 0.0994. The van der Waals surface area contributed by atoms with Crippen molar-refractivity contribution in [3.8, 4) is 17.2 Å². The summed E-state index contributed by atoms with van der Waals surface area (Å²) >= 11 is 3.40. The first kappa shape index (κ1) is 20.0. The van der Waals surface area contributed by atoms with Crippen LogP contribution in [-0.4, -0.2) is 24.6 Å². The second-order valence-electron chi connectivity index (χ2n) is 6.84. The number of hydrogen-bond donors (Lipinski definition) is 0. The SMILES string of the molecule is O=C1OC(c2ccccc2)=N/C1=C\c1cc(Br)ccc1OC(=O)c1ccc2c(c1)OCO2. The third-order valence-electron chi connectivity index (χ3n) is 4.72. The number of benzene rings is 3. The van der Waals surface area contributed by atoms with E-state index in [9.17, 15) is 9.59 Å². The minimum Gasteiger partial charge on any atom is -0.454 e. The molecule has 0 bridgehead atoms. The van der Waals surface area contributed by atoms with Crippen LogP contribution in [0.4, 0.5) is 0 Å². The normalized spacial score (nSPS) is 15.5. The second kappa shape index (κ2) is 8.32. The highest BCUT2D eigenvalue weighted by Gasteiger charge is 2.25. The van der Waals surface area contributed by atoms with Crippen LogP contribution >= 0.6 is 15.9 Å². The third kappa shape index (κ3) is 4.00.